The van der Waals surface area contributed by atoms with E-state index in [1.54, 1.807) is 0 Å². The highest BCUT2D eigenvalue weighted by Gasteiger charge is 2.16. The van der Waals surface area contributed by atoms with Crippen LogP contribution < -0.4 is 5.73 Å². The van der Waals surface area contributed by atoms with Gasteiger partial charge in [-0.2, -0.15) is 5.10 Å². The summed E-state index contributed by atoms with van der Waals surface area (Å²) < 4.78 is 0. The molecule has 0 saturated heterocycles. The Labute approximate surface area is 126 Å². The first-order chi connectivity index (χ1) is 9.66. The van der Waals surface area contributed by atoms with Crippen molar-refractivity contribution in [1.82, 2.24) is 10.2 Å². The molecule has 3 aromatic rings. The van der Waals surface area contributed by atoms with E-state index in [2.05, 4.69) is 10.2 Å². The lowest BCUT2D eigenvalue weighted by atomic mass is 10.0. The summed E-state index contributed by atoms with van der Waals surface area (Å²) in [6.07, 6.45) is 0. The second kappa shape index (κ2) is 5.19. The number of nitrogens with zero attached hydrogens (tertiary/aromatic N) is 1. The van der Waals surface area contributed by atoms with Gasteiger partial charge in [-0.25, -0.2) is 0 Å². The molecule has 1 heterocycles. The number of nitrogens with two attached hydrogens (primary N) is 1. The maximum absolute atomic E-state index is 6.25. The third-order valence-corrected chi connectivity index (χ3v) is 3.65. The largest absolute Gasteiger partial charge is 0.382 e. The maximum Gasteiger partial charge on any atom is 0.153 e. The number of halogens is 2. The Hall–Kier alpha value is -1.97. The molecule has 0 aliphatic heterocycles. The maximum atomic E-state index is 6.25. The molecule has 0 saturated carbocycles. The van der Waals surface area contributed by atoms with E-state index in [1.807, 2.05) is 48.5 Å². The molecule has 0 radical (unpaired) electrons. The van der Waals surface area contributed by atoms with Crippen molar-refractivity contribution in [2.24, 2.45) is 0 Å². The van der Waals surface area contributed by atoms with Gasteiger partial charge in [0.15, 0.2) is 5.82 Å². The van der Waals surface area contributed by atoms with Crippen LogP contribution in [0.4, 0.5) is 5.82 Å². The summed E-state index contributed by atoms with van der Waals surface area (Å²) >= 11 is 12.2. The van der Waals surface area contributed by atoms with Crippen molar-refractivity contribution in [1.29, 1.82) is 0 Å². The van der Waals surface area contributed by atoms with Gasteiger partial charge in [0, 0.05) is 21.2 Å². The van der Waals surface area contributed by atoms with Gasteiger partial charge in [0.25, 0.3) is 0 Å². The number of nitrogens with one attached hydrogen (secondary N) is 1. The van der Waals surface area contributed by atoms with E-state index in [4.69, 9.17) is 28.9 Å². The number of aromatic amines is 1. The number of aromatic nitrogens is 2. The fourth-order valence-electron chi connectivity index (χ4n) is 2.12. The summed E-state index contributed by atoms with van der Waals surface area (Å²) in [6, 6.07) is 15.0. The van der Waals surface area contributed by atoms with Gasteiger partial charge >= 0.3 is 0 Å². The number of H-pyrrole nitrogens is 1. The zero-order valence-electron chi connectivity index (χ0n) is 10.4. The average molecular weight is 304 g/mol. The van der Waals surface area contributed by atoms with Crippen LogP contribution in [-0.2, 0) is 0 Å². The average Bonchev–Trinajstić information content (AvgIpc) is 2.82. The molecular formula is C15H11Cl2N3. The van der Waals surface area contributed by atoms with Gasteiger partial charge in [0.1, 0.15) is 0 Å². The van der Waals surface area contributed by atoms with Gasteiger partial charge < -0.3 is 5.73 Å². The number of anilines is 1. The smallest absolute Gasteiger partial charge is 0.153 e. The van der Waals surface area contributed by atoms with E-state index < -0.39 is 0 Å². The molecule has 0 atom stereocenters. The quantitative estimate of drug-likeness (QED) is 0.725. The topological polar surface area (TPSA) is 54.7 Å². The fraction of sp³-hybridized carbons (Fsp3) is 0. The number of hydrogen-bond acceptors (Lipinski definition) is 2. The number of rotatable bonds is 2. The summed E-state index contributed by atoms with van der Waals surface area (Å²) in [7, 11) is 0. The van der Waals surface area contributed by atoms with Crippen LogP contribution in [-0.4, -0.2) is 10.2 Å². The van der Waals surface area contributed by atoms with Crippen LogP contribution in [0.2, 0.25) is 10.0 Å². The SMILES string of the molecule is Nc1n[nH]c(-c2ccc(Cl)cc2)c1-c1ccccc1Cl. The highest BCUT2D eigenvalue weighted by Crippen LogP contribution is 2.38. The highest BCUT2D eigenvalue weighted by atomic mass is 35.5. The molecule has 20 heavy (non-hydrogen) atoms. The van der Waals surface area contributed by atoms with Crippen molar-refractivity contribution in [3.05, 3.63) is 58.6 Å². The lowest BCUT2D eigenvalue weighted by Crippen LogP contribution is -1.89. The van der Waals surface area contributed by atoms with Gasteiger partial charge in [-0.1, -0.05) is 53.5 Å². The van der Waals surface area contributed by atoms with E-state index in [0.717, 1.165) is 22.4 Å². The van der Waals surface area contributed by atoms with Crippen molar-refractivity contribution in [2.75, 3.05) is 5.73 Å². The molecule has 0 spiro atoms. The number of hydrogen-bond donors (Lipinski definition) is 2. The Bertz CT molecular complexity index is 748. The molecule has 0 bridgehead atoms. The van der Waals surface area contributed by atoms with Crippen molar-refractivity contribution >= 4 is 29.0 Å². The van der Waals surface area contributed by atoms with Crippen molar-refractivity contribution in [2.45, 2.75) is 0 Å². The van der Waals surface area contributed by atoms with E-state index in [1.165, 1.54) is 0 Å². The third kappa shape index (κ3) is 2.26. The first-order valence-electron chi connectivity index (χ1n) is 6.01. The standard InChI is InChI=1S/C15H11Cl2N3/c16-10-7-5-9(6-8-10)14-13(15(18)20-19-14)11-3-1-2-4-12(11)17/h1-8H,(H3,18,19,20). The van der Waals surface area contributed by atoms with Gasteiger partial charge in [-0.15, -0.1) is 0 Å². The Morgan fingerprint density at radius 2 is 1.65 bits per heavy atom. The molecule has 0 amide bonds. The fourth-order valence-corrected chi connectivity index (χ4v) is 2.47. The third-order valence-electron chi connectivity index (χ3n) is 3.07. The Balaban J connectivity index is 2.20. The minimum atomic E-state index is 0.419. The molecule has 3 rings (SSSR count). The molecule has 5 heteroatoms. The summed E-state index contributed by atoms with van der Waals surface area (Å²) in [6.45, 7) is 0. The van der Waals surface area contributed by atoms with Crippen LogP contribution >= 0.6 is 23.2 Å². The van der Waals surface area contributed by atoms with Gasteiger partial charge in [0.05, 0.1) is 11.3 Å². The molecular weight excluding hydrogens is 293 g/mol. The van der Waals surface area contributed by atoms with Gasteiger partial charge in [0.2, 0.25) is 0 Å². The predicted molar refractivity (Wildman–Crippen MR) is 83.9 cm³/mol. The van der Waals surface area contributed by atoms with E-state index in [9.17, 15) is 0 Å². The Kier molecular flexibility index (Phi) is 3.38. The van der Waals surface area contributed by atoms with Crippen LogP contribution in [0.3, 0.4) is 0 Å². The molecule has 2 aromatic carbocycles. The van der Waals surface area contributed by atoms with Crippen LogP contribution in [0.15, 0.2) is 48.5 Å². The second-order valence-electron chi connectivity index (χ2n) is 4.35. The monoisotopic (exact) mass is 303 g/mol. The first-order valence-corrected chi connectivity index (χ1v) is 6.77. The summed E-state index contributed by atoms with van der Waals surface area (Å²) in [5.74, 6) is 0.419. The lowest BCUT2D eigenvalue weighted by molar-refractivity contribution is 1.10. The van der Waals surface area contributed by atoms with E-state index >= 15 is 0 Å². The van der Waals surface area contributed by atoms with Crippen LogP contribution in [0, 0.1) is 0 Å². The first kappa shape index (κ1) is 13.0. The highest BCUT2D eigenvalue weighted by molar-refractivity contribution is 6.33. The normalized spacial score (nSPS) is 10.7. The lowest BCUT2D eigenvalue weighted by Gasteiger charge is -2.06. The van der Waals surface area contributed by atoms with Gasteiger partial charge in [-0.3, -0.25) is 5.10 Å². The summed E-state index contributed by atoms with van der Waals surface area (Å²) in [5.41, 5.74) is 9.42. The van der Waals surface area contributed by atoms with Crippen LogP contribution in [0.5, 0.6) is 0 Å². The predicted octanol–water partition coefficient (Wildman–Crippen LogP) is 4.63. The minimum absolute atomic E-state index is 0.419. The Morgan fingerprint density at radius 1 is 0.950 bits per heavy atom. The Morgan fingerprint density at radius 3 is 2.35 bits per heavy atom. The molecule has 100 valence electrons. The number of benzene rings is 2. The van der Waals surface area contributed by atoms with E-state index in [0.29, 0.717) is 15.9 Å². The minimum Gasteiger partial charge on any atom is -0.382 e. The number of nitrogen functional groups attached to an aromatic ring is 1. The van der Waals surface area contributed by atoms with Crippen LogP contribution in [0.1, 0.15) is 0 Å². The van der Waals surface area contributed by atoms with E-state index in [-0.39, 0.29) is 0 Å². The summed E-state index contributed by atoms with van der Waals surface area (Å²) in [5, 5.41) is 8.37. The zero-order valence-corrected chi connectivity index (χ0v) is 11.9. The molecule has 1 aromatic heterocycles. The zero-order chi connectivity index (χ0) is 14.1. The van der Waals surface area contributed by atoms with Crippen molar-refractivity contribution in [3.63, 3.8) is 0 Å². The second-order valence-corrected chi connectivity index (χ2v) is 5.19. The molecule has 0 aliphatic rings. The molecule has 3 N–H and O–H groups in total. The molecule has 3 nitrogen and oxygen atoms in total. The van der Waals surface area contributed by atoms with Crippen molar-refractivity contribution < 1.29 is 0 Å². The van der Waals surface area contributed by atoms with Gasteiger partial charge in [-0.05, 0) is 18.2 Å². The van der Waals surface area contributed by atoms with Crippen LogP contribution in [0.25, 0.3) is 22.4 Å². The molecule has 0 aliphatic carbocycles. The molecule has 0 unspecified atom stereocenters. The summed E-state index contributed by atoms with van der Waals surface area (Å²) in [4.78, 5) is 0. The van der Waals surface area contributed by atoms with Crippen molar-refractivity contribution in [3.8, 4) is 22.4 Å². The molecule has 0 fully saturated rings.